The number of hydrogen-bond acceptors (Lipinski definition) is 5. The summed E-state index contributed by atoms with van der Waals surface area (Å²) < 4.78 is 5.37. The van der Waals surface area contributed by atoms with Gasteiger partial charge < -0.3 is 15.1 Å². The van der Waals surface area contributed by atoms with Gasteiger partial charge in [-0.1, -0.05) is 18.9 Å². The average Bonchev–Trinajstić information content (AvgIpc) is 2.62. The van der Waals surface area contributed by atoms with Crippen LogP contribution in [0.5, 0.6) is 0 Å². The Kier molecular flexibility index (Phi) is 3.88. The van der Waals surface area contributed by atoms with Gasteiger partial charge in [-0.3, -0.25) is 0 Å². The fraction of sp³-hybridized carbons (Fsp3) is 0.778. The molecule has 80 valence electrons. The monoisotopic (exact) mass is 198 g/mol. The first-order valence-corrected chi connectivity index (χ1v) is 4.94. The van der Waals surface area contributed by atoms with Gasteiger partial charge in [-0.2, -0.15) is 0 Å². The minimum absolute atomic E-state index is 0.298. The summed E-state index contributed by atoms with van der Waals surface area (Å²) in [7, 11) is 0. The van der Waals surface area contributed by atoms with Crippen LogP contribution >= 0.6 is 0 Å². The van der Waals surface area contributed by atoms with Gasteiger partial charge in [-0.05, 0) is 12.8 Å². The molecule has 1 heterocycles. The SMILES string of the molecule is CCN(CC(C)C)c1nnc(CN)o1. The second-order valence-corrected chi connectivity index (χ2v) is 3.61. The van der Waals surface area contributed by atoms with E-state index < -0.39 is 0 Å². The van der Waals surface area contributed by atoms with E-state index in [-0.39, 0.29) is 0 Å². The summed E-state index contributed by atoms with van der Waals surface area (Å²) in [5.74, 6) is 1.06. The largest absolute Gasteiger partial charge is 0.407 e. The molecule has 5 nitrogen and oxygen atoms in total. The average molecular weight is 198 g/mol. The maximum absolute atomic E-state index is 5.39. The van der Waals surface area contributed by atoms with Gasteiger partial charge in [-0.15, -0.1) is 5.10 Å². The van der Waals surface area contributed by atoms with Crippen LogP contribution in [0.2, 0.25) is 0 Å². The third kappa shape index (κ3) is 2.70. The summed E-state index contributed by atoms with van der Waals surface area (Å²) in [4.78, 5) is 2.05. The van der Waals surface area contributed by atoms with E-state index in [1.165, 1.54) is 0 Å². The van der Waals surface area contributed by atoms with Crippen molar-refractivity contribution in [3.63, 3.8) is 0 Å². The Morgan fingerprint density at radius 3 is 2.57 bits per heavy atom. The molecule has 2 N–H and O–H groups in total. The van der Waals surface area contributed by atoms with Crippen LogP contribution in [0.4, 0.5) is 6.01 Å². The van der Waals surface area contributed by atoms with Crippen molar-refractivity contribution in [1.29, 1.82) is 0 Å². The standard InChI is InChI=1S/C9H18N4O/c1-4-13(6-7(2)3)9-12-11-8(5-10)14-9/h7H,4-6,10H2,1-3H3. The van der Waals surface area contributed by atoms with Gasteiger partial charge in [0.1, 0.15) is 0 Å². The molecule has 0 radical (unpaired) electrons. The zero-order chi connectivity index (χ0) is 10.6. The maximum atomic E-state index is 5.39. The summed E-state index contributed by atoms with van der Waals surface area (Å²) in [5.41, 5.74) is 5.39. The van der Waals surface area contributed by atoms with Crippen molar-refractivity contribution in [3.8, 4) is 0 Å². The molecule has 1 aromatic rings. The van der Waals surface area contributed by atoms with Crippen LogP contribution in [0, 0.1) is 5.92 Å². The first kappa shape index (κ1) is 11.0. The van der Waals surface area contributed by atoms with E-state index in [0.29, 0.717) is 24.4 Å². The van der Waals surface area contributed by atoms with E-state index in [1.807, 2.05) is 0 Å². The van der Waals surface area contributed by atoms with E-state index in [9.17, 15) is 0 Å². The number of nitrogens with two attached hydrogens (primary N) is 1. The predicted molar refractivity (Wildman–Crippen MR) is 54.9 cm³/mol. The summed E-state index contributed by atoms with van der Waals surface area (Å²) >= 11 is 0. The summed E-state index contributed by atoms with van der Waals surface area (Å²) in [5, 5.41) is 7.77. The highest BCUT2D eigenvalue weighted by Crippen LogP contribution is 2.13. The van der Waals surface area contributed by atoms with E-state index in [2.05, 4.69) is 35.9 Å². The lowest BCUT2D eigenvalue weighted by atomic mass is 10.2. The first-order valence-electron chi connectivity index (χ1n) is 4.94. The van der Waals surface area contributed by atoms with Crippen molar-refractivity contribution in [2.45, 2.75) is 27.3 Å². The molecule has 0 atom stereocenters. The van der Waals surface area contributed by atoms with E-state index in [4.69, 9.17) is 10.2 Å². The zero-order valence-corrected chi connectivity index (χ0v) is 9.03. The molecule has 0 aliphatic carbocycles. The molecule has 1 rings (SSSR count). The molecule has 0 bridgehead atoms. The second-order valence-electron chi connectivity index (χ2n) is 3.61. The van der Waals surface area contributed by atoms with Crippen molar-refractivity contribution in [3.05, 3.63) is 5.89 Å². The topological polar surface area (TPSA) is 68.2 Å². The molecule has 0 aliphatic rings. The number of aromatic nitrogens is 2. The van der Waals surface area contributed by atoms with Gasteiger partial charge >= 0.3 is 6.01 Å². The van der Waals surface area contributed by atoms with E-state index in [1.54, 1.807) is 0 Å². The Bertz CT molecular complexity index is 272. The van der Waals surface area contributed by atoms with E-state index >= 15 is 0 Å². The molecule has 5 heteroatoms. The van der Waals surface area contributed by atoms with Crippen LogP contribution in [-0.4, -0.2) is 23.3 Å². The Balaban J connectivity index is 2.68. The third-order valence-electron chi connectivity index (χ3n) is 1.87. The molecule has 0 saturated heterocycles. The third-order valence-corrected chi connectivity index (χ3v) is 1.87. The van der Waals surface area contributed by atoms with E-state index in [0.717, 1.165) is 13.1 Å². The van der Waals surface area contributed by atoms with Gasteiger partial charge in [0.2, 0.25) is 5.89 Å². The number of hydrogen-bond donors (Lipinski definition) is 1. The van der Waals surface area contributed by atoms with Crippen LogP contribution in [0.25, 0.3) is 0 Å². The second kappa shape index (κ2) is 4.95. The molecule has 0 fully saturated rings. The summed E-state index contributed by atoms with van der Waals surface area (Å²) in [6.07, 6.45) is 0. The minimum atomic E-state index is 0.298. The van der Waals surface area contributed by atoms with Crippen molar-refractivity contribution in [2.24, 2.45) is 11.7 Å². The minimum Gasteiger partial charge on any atom is -0.407 e. The highest BCUT2D eigenvalue weighted by atomic mass is 16.4. The van der Waals surface area contributed by atoms with Gasteiger partial charge in [-0.25, -0.2) is 0 Å². The molecule has 14 heavy (non-hydrogen) atoms. The van der Waals surface area contributed by atoms with Gasteiger partial charge in [0.05, 0.1) is 6.54 Å². The van der Waals surface area contributed by atoms with Crippen LogP contribution in [0.15, 0.2) is 4.42 Å². The lowest BCUT2D eigenvalue weighted by Crippen LogP contribution is -2.27. The highest BCUT2D eigenvalue weighted by molar-refractivity contribution is 5.23. The molecule has 0 saturated carbocycles. The van der Waals surface area contributed by atoms with Crippen LogP contribution in [0.1, 0.15) is 26.7 Å². The van der Waals surface area contributed by atoms with Crippen LogP contribution in [-0.2, 0) is 6.54 Å². The molecule has 0 unspecified atom stereocenters. The normalized spacial score (nSPS) is 10.9. The van der Waals surface area contributed by atoms with Crippen LogP contribution in [0.3, 0.4) is 0 Å². The molecule has 1 aromatic heterocycles. The fourth-order valence-corrected chi connectivity index (χ4v) is 1.24. The first-order chi connectivity index (χ1) is 6.67. The summed E-state index contributed by atoms with van der Waals surface area (Å²) in [6, 6.07) is 0.571. The van der Waals surface area contributed by atoms with Crippen molar-refractivity contribution >= 4 is 6.01 Å². The molecule has 0 aliphatic heterocycles. The molecular formula is C9H18N4O. The van der Waals surface area contributed by atoms with Gasteiger partial charge in [0, 0.05) is 13.1 Å². The smallest absolute Gasteiger partial charge is 0.318 e. The Morgan fingerprint density at radius 1 is 1.43 bits per heavy atom. The molecule has 0 spiro atoms. The maximum Gasteiger partial charge on any atom is 0.318 e. The number of rotatable bonds is 5. The Labute approximate surface area is 84.3 Å². The molecule has 0 aromatic carbocycles. The lowest BCUT2D eigenvalue weighted by molar-refractivity contribution is 0.474. The number of nitrogens with zero attached hydrogens (tertiary/aromatic N) is 3. The lowest BCUT2D eigenvalue weighted by Gasteiger charge is -2.19. The van der Waals surface area contributed by atoms with Crippen LogP contribution < -0.4 is 10.6 Å². The quantitative estimate of drug-likeness (QED) is 0.764. The van der Waals surface area contributed by atoms with Gasteiger partial charge in [0.15, 0.2) is 0 Å². The predicted octanol–water partition coefficient (Wildman–Crippen LogP) is 1.01. The van der Waals surface area contributed by atoms with Crippen molar-refractivity contribution in [1.82, 2.24) is 10.2 Å². The Hall–Kier alpha value is -1.10. The molecule has 0 amide bonds. The van der Waals surface area contributed by atoms with Crippen molar-refractivity contribution in [2.75, 3.05) is 18.0 Å². The highest BCUT2D eigenvalue weighted by Gasteiger charge is 2.13. The van der Waals surface area contributed by atoms with Gasteiger partial charge in [0.25, 0.3) is 0 Å². The molecular weight excluding hydrogens is 180 g/mol. The zero-order valence-electron chi connectivity index (χ0n) is 9.03. The Morgan fingerprint density at radius 2 is 2.14 bits per heavy atom. The fourth-order valence-electron chi connectivity index (χ4n) is 1.24. The number of anilines is 1. The summed E-state index contributed by atoms with van der Waals surface area (Å²) in [6.45, 7) is 8.46. The van der Waals surface area contributed by atoms with Crippen molar-refractivity contribution < 1.29 is 4.42 Å².